The minimum absolute atomic E-state index is 0.00904. The molecule has 16 nitrogen and oxygen atoms in total. The lowest BCUT2D eigenvalue weighted by Crippen LogP contribution is -2.61. The molecule has 1 amide bonds. The normalized spacial score (nSPS) is 35.4. The molecular weight excluding hydrogens is 810 g/mol. The maximum absolute atomic E-state index is 14.4. The molecule has 0 spiro atoms. The number of aliphatic hydroxyl groups is 1. The predicted molar refractivity (Wildman–Crippen MR) is 230 cm³/mol. The average Bonchev–Trinajstić information content (AvgIpc) is 3.81. The van der Waals surface area contributed by atoms with E-state index in [4.69, 9.17) is 23.7 Å². The number of carbonyl (C=O) groups excluding carboxylic acids is 3. The quantitative estimate of drug-likeness (QED) is 0.168. The van der Waals surface area contributed by atoms with Crippen LogP contribution in [-0.2, 0) is 39.8 Å². The zero-order valence-corrected chi connectivity index (χ0v) is 38.9. The highest BCUT2D eigenvalue weighted by atomic mass is 32.2. The second-order valence-electron chi connectivity index (χ2n) is 17.5. The Morgan fingerprint density at radius 2 is 1.77 bits per heavy atom. The highest BCUT2D eigenvalue weighted by Crippen LogP contribution is 2.40. The lowest BCUT2D eigenvalue weighted by atomic mass is 9.78. The van der Waals surface area contributed by atoms with Crippen LogP contribution in [0.2, 0.25) is 0 Å². The van der Waals surface area contributed by atoms with Crippen molar-refractivity contribution in [2.24, 2.45) is 17.8 Å². The van der Waals surface area contributed by atoms with Crippen LogP contribution < -0.4 is 5.32 Å². The third-order valence-corrected chi connectivity index (χ3v) is 12.6. The summed E-state index contributed by atoms with van der Waals surface area (Å²) in [7, 11) is 5.39. The number of rotatable bonds is 11. The van der Waals surface area contributed by atoms with Crippen LogP contribution in [0.4, 0.5) is 8.68 Å². The molecule has 3 aliphatic rings. The average molecular weight is 880 g/mol. The number of methoxy groups -OCH3 is 1. The lowest BCUT2D eigenvalue weighted by Gasteiger charge is -2.46. The molecule has 5 heterocycles. The summed E-state index contributed by atoms with van der Waals surface area (Å²) < 4.78 is 43.5. The van der Waals surface area contributed by atoms with Crippen molar-refractivity contribution in [2.45, 2.75) is 154 Å². The molecule has 3 aliphatic heterocycles. The molecule has 3 saturated heterocycles. The number of hydrogen-bond donors (Lipinski definition) is 2. The molecule has 2 N–H and O–H groups in total. The van der Waals surface area contributed by atoms with Crippen molar-refractivity contribution < 1.29 is 47.1 Å². The van der Waals surface area contributed by atoms with Gasteiger partial charge in [-0.05, 0) is 105 Å². The van der Waals surface area contributed by atoms with E-state index in [-0.39, 0.29) is 36.3 Å². The van der Waals surface area contributed by atoms with Gasteiger partial charge in [0.1, 0.15) is 23.8 Å². The maximum atomic E-state index is 14.4. The second kappa shape index (κ2) is 22.4. The Labute approximate surface area is 365 Å². The monoisotopic (exact) mass is 879 g/mol. The summed E-state index contributed by atoms with van der Waals surface area (Å²) in [5.41, 5.74) is -0.833. The summed E-state index contributed by atoms with van der Waals surface area (Å²) >= 11 is 0.250. The molecule has 61 heavy (non-hydrogen) atoms. The van der Waals surface area contributed by atoms with Crippen molar-refractivity contribution in [2.75, 3.05) is 40.6 Å². The van der Waals surface area contributed by atoms with Gasteiger partial charge in [0.25, 0.3) is 0 Å². The summed E-state index contributed by atoms with van der Waals surface area (Å²) in [5.74, 6) is -3.15. The van der Waals surface area contributed by atoms with E-state index >= 15 is 0 Å². The molecule has 0 aliphatic carbocycles. The Morgan fingerprint density at radius 3 is 2.39 bits per heavy atom. The van der Waals surface area contributed by atoms with Gasteiger partial charge >= 0.3 is 12.1 Å². The van der Waals surface area contributed by atoms with Gasteiger partial charge < -0.3 is 39.0 Å². The molecule has 0 saturated carbocycles. The van der Waals surface area contributed by atoms with E-state index in [0.717, 1.165) is 12.1 Å². The minimum atomic E-state index is -1.23. The number of pyridine rings is 1. The van der Waals surface area contributed by atoms with Gasteiger partial charge in [-0.3, -0.25) is 24.2 Å². The number of ether oxygens (including phenoxy) is 5. The van der Waals surface area contributed by atoms with E-state index in [1.54, 1.807) is 29.8 Å². The van der Waals surface area contributed by atoms with Gasteiger partial charge in [-0.2, -0.15) is 3.89 Å². The number of hydrogen-bond acceptors (Lipinski definition) is 15. The third-order valence-electron chi connectivity index (χ3n) is 12.6. The van der Waals surface area contributed by atoms with Gasteiger partial charge in [0.2, 0.25) is 0 Å². The molecule has 2 aromatic heterocycles. The number of Topliss-reactive ketones (excluding diaryl/α,β-unsaturated/α-hetero) is 1. The second-order valence-corrected chi connectivity index (χ2v) is 17.8. The number of aryl methyl sites for hydroxylation is 1. The number of carbonyl (C=O) groups is 3. The zero-order chi connectivity index (χ0) is 45.2. The van der Waals surface area contributed by atoms with E-state index in [1.165, 1.54) is 13.2 Å². The number of nitrogens with zero attached hydrogens (tertiary/aromatic N) is 6. The molecule has 3 fully saturated rings. The van der Waals surface area contributed by atoms with Crippen molar-refractivity contribution in [1.29, 1.82) is 0 Å². The highest BCUT2D eigenvalue weighted by molar-refractivity contribution is 7.93. The van der Waals surface area contributed by atoms with Crippen LogP contribution in [0, 0.1) is 17.8 Å². The summed E-state index contributed by atoms with van der Waals surface area (Å²) in [6.45, 7) is 16.4. The lowest BCUT2D eigenvalue weighted by molar-refractivity contribution is -0.295. The van der Waals surface area contributed by atoms with Gasteiger partial charge in [-0.25, -0.2) is 4.79 Å². The number of fused-ring (bicyclic) bond motifs is 1. The van der Waals surface area contributed by atoms with Gasteiger partial charge in [-0.15, -0.1) is 5.10 Å². The van der Waals surface area contributed by atoms with Gasteiger partial charge in [0, 0.05) is 62.8 Å². The summed E-state index contributed by atoms with van der Waals surface area (Å²) in [6.07, 6.45) is 3.30. The van der Waals surface area contributed by atoms with Gasteiger partial charge in [-0.1, -0.05) is 32.1 Å². The highest BCUT2D eigenvalue weighted by Gasteiger charge is 2.58. The topological polar surface area (TPSA) is 180 Å². The summed E-state index contributed by atoms with van der Waals surface area (Å²) in [4.78, 5) is 50.2. The van der Waals surface area contributed by atoms with Crippen LogP contribution in [0.5, 0.6) is 0 Å². The van der Waals surface area contributed by atoms with Crippen LogP contribution in [0.25, 0.3) is 11.4 Å². The van der Waals surface area contributed by atoms with Crippen LogP contribution in [0.15, 0.2) is 30.6 Å². The van der Waals surface area contributed by atoms with Crippen LogP contribution >= 0.6 is 12.1 Å². The van der Waals surface area contributed by atoms with Crippen molar-refractivity contribution in [1.82, 2.24) is 35.1 Å². The Hall–Kier alpha value is -3.26. The first-order chi connectivity index (χ1) is 28.8. The molecular formula is C43H70FN7O9S. The Morgan fingerprint density at radius 1 is 1.08 bits per heavy atom. The molecule has 0 aromatic carbocycles. The number of ketones is 1. The standard InChI is InChI=1S/C42H67N7O9.CH3FS/c1-12-33-42(8)36(49(40(53)58-42)20-16-15-19-48-24-31(45-46-48)30-17-13-14-18-43-30)29(6)44-23-25(2)22-41(7,54-11)37(27(4)34(50)28(5)38(52)56-33)57-39-35(51)32(47(9)10)21-26(3)55-39;1-3-2/h13-14,17-18,24-29,32-33,35-37,39,44,51H,12,15-16,19-23H2,1-11H3;1H3/t25-,26-,27-,28?,29-,32?,33-,35?,36-,37-,39+,41-,42-;/m1./s1. The smallest absolute Gasteiger partial charge is 0.410 e. The first-order valence-electron chi connectivity index (χ1n) is 21.5. The van der Waals surface area contributed by atoms with Crippen molar-refractivity contribution in [3.05, 3.63) is 30.6 Å². The maximum Gasteiger partial charge on any atom is 0.410 e. The van der Waals surface area contributed by atoms with Crippen LogP contribution in [0.1, 0.15) is 87.5 Å². The number of amides is 1. The molecule has 0 radical (unpaired) electrons. The fraction of sp³-hybridized carbons (Fsp3) is 0.767. The number of unbranched alkanes of at least 4 members (excludes halogenated alkanes) is 1. The number of likely N-dealkylation sites (N-methyl/N-ethyl adjacent to an activating group) is 1. The molecule has 13 atom stereocenters. The first kappa shape index (κ1) is 50.4. The third kappa shape index (κ3) is 12.1. The number of esters is 1. The van der Waals surface area contributed by atoms with E-state index in [9.17, 15) is 23.4 Å². The van der Waals surface area contributed by atoms with Gasteiger partial charge in [0.15, 0.2) is 17.7 Å². The predicted octanol–water partition coefficient (Wildman–Crippen LogP) is 5.33. The summed E-state index contributed by atoms with van der Waals surface area (Å²) in [6, 6.07) is 4.61. The number of aliphatic hydroxyl groups excluding tert-OH is 1. The van der Waals surface area contributed by atoms with Crippen molar-refractivity contribution in [3.8, 4) is 11.4 Å². The van der Waals surface area contributed by atoms with Crippen LogP contribution in [-0.4, -0.2) is 153 Å². The molecule has 0 bridgehead atoms. The Balaban J connectivity index is 0.00000265. The zero-order valence-electron chi connectivity index (χ0n) is 38.1. The fourth-order valence-electron chi connectivity index (χ4n) is 9.25. The fourth-order valence-corrected chi connectivity index (χ4v) is 9.25. The van der Waals surface area contributed by atoms with E-state index in [1.807, 2.05) is 78.0 Å². The molecule has 3 unspecified atom stereocenters. The number of nitrogens with one attached hydrogen (secondary N) is 1. The molecule has 5 rings (SSSR count). The number of aromatic nitrogens is 4. The minimum Gasteiger partial charge on any atom is -0.458 e. The summed E-state index contributed by atoms with van der Waals surface area (Å²) in [5, 5.41) is 23.6. The Kier molecular flexibility index (Phi) is 18.5. The molecule has 18 heteroatoms. The van der Waals surface area contributed by atoms with E-state index in [2.05, 4.69) is 27.5 Å². The molecule has 344 valence electrons. The Bertz CT molecular complexity index is 1710. The number of halogens is 1. The van der Waals surface area contributed by atoms with Crippen molar-refractivity contribution >= 4 is 30.0 Å². The van der Waals surface area contributed by atoms with Crippen molar-refractivity contribution in [3.63, 3.8) is 0 Å². The van der Waals surface area contributed by atoms with Crippen LogP contribution in [0.3, 0.4) is 0 Å². The molecule has 2 aromatic rings. The number of cyclic esters (lactones) is 1. The SMILES string of the molecule is CC[C@H]1OC(=O)C(C)C(=O)[C@@H](C)[C@@H](O[C@@H]2O[C@H](C)CC(N(C)C)C2O)[C@](C)(OC)C[C@@H](C)CN[C@H](C)[C@H]2N(CCCCn3cc(-c4ccccn4)nn3)C(=O)O[C@]12C.CSF. The largest absolute Gasteiger partial charge is 0.458 e. The van der Waals surface area contributed by atoms with E-state index in [0.29, 0.717) is 51.0 Å². The van der Waals surface area contributed by atoms with E-state index < -0.39 is 71.5 Å². The van der Waals surface area contributed by atoms with Gasteiger partial charge in [0.05, 0.1) is 35.7 Å². The first-order valence-corrected chi connectivity index (χ1v) is 22.6.